The van der Waals surface area contributed by atoms with E-state index in [-0.39, 0.29) is 37.5 Å². The number of carboxylic acid groups (broad SMARTS) is 1. The van der Waals surface area contributed by atoms with Crippen molar-refractivity contribution in [3.8, 4) is 0 Å². The van der Waals surface area contributed by atoms with E-state index in [0.29, 0.717) is 11.5 Å². The Balaban J connectivity index is 6.07. The lowest BCUT2D eigenvalue weighted by atomic mass is 10.0. The van der Waals surface area contributed by atoms with E-state index in [9.17, 15) is 68.4 Å². The van der Waals surface area contributed by atoms with Crippen molar-refractivity contribution in [1.82, 2.24) is 42.5 Å². The van der Waals surface area contributed by atoms with Gasteiger partial charge in [-0.2, -0.15) is 23.5 Å². The zero-order chi connectivity index (χ0) is 51.0. The Bertz CT molecular complexity index is 1660. The lowest BCUT2D eigenvalue weighted by Gasteiger charge is -2.28. The first kappa shape index (κ1) is 61.2. The van der Waals surface area contributed by atoms with Crippen molar-refractivity contribution in [2.45, 2.75) is 147 Å². The number of thioether (sulfide) groups is 2. The second-order valence-corrected chi connectivity index (χ2v) is 18.6. The van der Waals surface area contributed by atoms with Gasteiger partial charge < -0.3 is 74.4 Å². The molecule has 26 heteroatoms. The smallest absolute Gasteiger partial charge is 0.326 e. The van der Waals surface area contributed by atoms with Crippen LogP contribution in [0.2, 0.25) is 0 Å². The molecule has 0 rings (SSSR count). The van der Waals surface area contributed by atoms with Gasteiger partial charge in [-0.3, -0.25) is 43.2 Å². The van der Waals surface area contributed by atoms with Gasteiger partial charge in [0.25, 0.3) is 0 Å². The molecule has 66 heavy (non-hydrogen) atoms. The molecule has 0 aromatic rings. The molecule has 0 fully saturated rings. The first-order valence-electron chi connectivity index (χ1n) is 21.3. The van der Waals surface area contributed by atoms with Gasteiger partial charge in [0.2, 0.25) is 53.2 Å². The van der Waals surface area contributed by atoms with E-state index in [1.807, 2.05) is 0 Å². The number of primary amides is 1. The number of amides is 9. The van der Waals surface area contributed by atoms with Crippen molar-refractivity contribution in [3.05, 3.63) is 0 Å². The molecule has 16 N–H and O–H groups in total. The average molecular weight is 981 g/mol. The van der Waals surface area contributed by atoms with E-state index in [4.69, 9.17) is 11.5 Å². The van der Waals surface area contributed by atoms with Gasteiger partial charge >= 0.3 is 5.97 Å². The summed E-state index contributed by atoms with van der Waals surface area (Å²) in [5.74, 6) is -9.54. The van der Waals surface area contributed by atoms with Gasteiger partial charge in [-0.05, 0) is 82.3 Å². The molecule has 0 heterocycles. The predicted molar refractivity (Wildman–Crippen MR) is 246 cm³/mol. The molecular formula is C40H72N10O14S2. The Morgan fingerprint density at radius 3 is 1.33 bits per heavy atom. The molecule has 0 aliphatic rings. The number of carbonyl (C=O) groups excluding carboxylic acids is 9. The molecule has 0 radical (unpaired) electrons. The van der Waals surface area contributed by atoms with Crippen LogP contribution in [0.1, 0.15) is 80.6 Å². The minimum atomic E-state index is -1.77. The van der Waals surface area contributed by atoms with Crippen LogP contribution >= 0.6 is 23.5 Å². The molecular weight excluding hydrogens is 909 g/mol. The summed E-state index contributed by atoms with van der Waals surface area (Å²) in [5.41, 5.74) is 11.0. The Morgan fingerprint density at radius 1 is 0.500 bits per heavy atom. The average Bonchev–Trinajstić information content (AvgIpc) is 3.22. The summed E-state index contributed by atoms with van der Waals surface area (Å²) in [7, 11) is 0. The Labute approximate surface area is 393 Å². The molecule has 0 unspecified atom stereocenters. The third kappa shape index (κ3) is 23.1. The summed E-state index contributed by atoms with van der Waals surface area (Å²) < 4.78 is 0. The van der Waals surface area contributed by atoms with Crippen LogP contribution in [0.3, 0.4) is 0 Å². The fourth-order valence-corrected chi connectivity index (χ4v) is 6.85. The van der Waals surface area contributed by atoms with E-state index in [1.165, 1.54) is 37.4 Å². The van der Waals surface area contributed by atoms with E-state index in [2.05, 4.69) is 42.5 Å². The second-order valence-electron chi connectivity index (χ2n) is 16.6. The van der Waals surface area contributed by atoms with Gasteiger partial charge in [0, 0.05) is 0 Å². The number of aliphatic carboxylic acids is 1. The lowest BCUT2D eigenvalue weighted by Crippen LogP contribution is -2.62. The predicted octanol–water partition coefficient (Wildman–Crippen LogP) is -4.48. The van der Waals surface area contributed by atoms with E-state index < -0.39 is 139 Å². The van der Waals surface area contributed by atoms with Crippen LogP contribution in [0.25, 0.3) is 0 Å². The van der Waals surface area contributed by atoms with E-state index in [1.54, 1.807) is 40.2 Å². The number of hydrogen-bond donors (Lipinski definition) is 14. The number of nitrogens with one attached hydrogen (secondary N) is 8. The summed E-state index contributed by atoms with van der Waals surface area (Å²) in [6.07, 6.45) is 0.0803. The maximum atomic E-state index is 13.6. The van der Waals surface area contributed by atoms with Crippen molar-refractivity contribution >= 4 is 82.7 Å². The van der Waals surface area contributed by atoms with Crippen LogP contribution in [0.15, 0.2) is 0 Å². The number of rotatable bonds is 32. The van der Waals surface area contributed by atoms with Crippen LogP contribution in [-0.4, -0.2) is 177 Å². The van der Waals surface area contributed by atoms with Crippen LogP contribution in [-0.2, 0) is 47.9 Å². The quantitative estimate of drug-likeness (QED) is 0.0302. The van der Waals surface area contributed by atoms with Crippen molar-refractivity contribution in [1.29, 1.82) is 0 Å². The highest BCUT2D eigenvalue weighted by Crippen LogP contribution is 2.10. The highest BCUT2D eigenvalue weighted by atomic mass is 32.2. The highest BCUT2D eigenvalue weighted by Gasteiger charge is 2.36. The van der Waals surface area contributed by atoms with Crippen molar-refractivity contribution < 1.29 is 68.4 Å². The zero-order valence-electron chi connectivity index (χ0n) is 39.0. The van der Waals surface area contributed by atoms with Crippen LogP contribution < -0.4 is 54.0 Å². The normalized spacial score (nSPS) is 16.3. The Hall–Kier alpha value is -4.76. The van der Waals surface area contributed by atoms with Crippen LogP contribution in [0.5, 0.6) is 0 Å². The number of carboxylic acids is 1. The summed E-state index contributed by atoms with van der Waals surface area (Å²) in [4.78, 5) is 130. The van der Waals surface area contributed by atoms with Gasteiger partial charge in [0.05, 0.1) is 25.2 Å². The third-order valence-corrected chi connectivity index (χ3v) is 10.9. The molecule has 0 aliphatic carbocycles. The van der Waals surface area contributed by atoms with Gasteiger partial charge in [0.1, 0.15) is 54.4 Å². The molecule has 0 bridgehead atoms. The molecule has 0 spiro atoms. The minimum Gasteiger partial charge on any atom is -0.480 e. The van der Waals surface area contributed by atoms with Gasteiger partial charge in [-0.25, -0.2) is 4.79 Å². The minimum absolute atomic E-state index is 0.0158. The Kier molecular flexibility index (Phi) is 29.0. The summed E-state index contributed by atoms with van der Waals surface area (Å²) in [6.45, 7) is 9.77. The summed E-state index contributed by atoms with van der Waals surface area (Å²) >= 11 is 2.65. The zero-order valence-corrected chi connectivity index (χ0v) is 40.6. The molecule has 0 aromatic heterocycles. The molecule has 0 saturated carbocycles. The summed E-state index contributed by atoms with van der Waals surface area (Å²) in [6, 6.07) is -13.0. The summed E-state index contributed by atoms with van der Waals surface area (Å²) in [5, 5.41) is 58.9. The highest BCUT2D eigenvalue weighted by molar-refractivity contribution is 7.98. The number of aliphatic hydroxyl groups is 3. The number of aliphatic hydroxyl groups excluding tert-OH is 3. The van der Waals surface area contributed by atoms with Gasteiger partial charge in [-0.15, -0.1) is 0 Å². The fourth-order valence-electron chi connectivity index (χ4n) is 5.91. The van der Waals surface area contributed by atoms with E-state index >= 15 is 0 Å². The lowest BCUT2D eigenvalue weighted by molar-refractivity contribution is -0.143. The molecule has 11 atom stereocenters. The molecule has 0 aromatic carbocycles. The fraction of sp³-hybridized carbons (Fsp3) is 0.750. The first-order chi connectivity index (χ1) is 30.7. The molecule has 9 amide bonds. The number of hydrogen-bond acceptors (Lipinski definition) is 16. The molecule has 0 aliphatic heterocycles. The topological polar surface area (TPSA) is 400 Å². The standard InChI is InChI=1S/C40H72N10O14S2/c1-18(2)14-25(46-38(61)30(42)21(6)52)35(58)45-23(10-12-65-8)33(56)49-28(17-51)37(60)43-20(5)32(55)44-24(11-13-66-9)34(57)50-31(22(7)53)39(62)47-26(16-29(41)54)36(59)48-27(40(63)64)15-19(3)4/h18-28,30-31,51-53H,10-17,42H2,1-9H3,(H2,41,54)(H,43,60)(H,44,55)(H,45,58)(H,46,61)(H,47,62)(H,48,59)(H,49,56)(H,50,57)(H,63,64)/t20-,21+,22+,23-,24-,25-,26-,27-,28-,30-,31-/m0/s1. The molecule has 378 valence electrons. The maximum absolute atomic E-state index is 13.6. The Morgan fingerprint density at radius 2 is 0.894 bits per heavy atom. The number of carbonyl (C=O) groups is 10. The maximum Gasteiger partial charge on any atom is 0.326 e. The van der Waals surface area contributed by atoms with Crippen LogP contribution in [0, 0.1) is 11.8 Å². The van der Waals surface area contributed by atoms with Crippen molar-refractivity contribution in [2.75, 3.05) is 30.6 Å². The largest absolute Gasteiger partial charge is 0.480 e. The van der Waals surface area contributed by atoms with Crippen molar-refractivity contribution in [3.63, 3.8) is 0 Å². The van der Waals surface area contributed by atoms with Crippen LogP contribution in [0.4, 0.5) is 0 Å². The number of nitrogens with two attached hydrogens (primary N) is 2. The third-order valence-electron chi connectivity index (χ3n) is 9.64. The monoisotopic (exact) mass is 980 g/mol. The van der Waals surface area contributed by atoms with Gasteiger partial charge in [-0.1, -0.05) is 27.7 Å². The van der Waals surface area contributed by atoms with Crippen molar-refractivity contribution in [2.24, 2.45) is 23.3 Å². The second kappa shape index (κ2) is 31.3. The first-order valence-corrected chi connectivity index (χ1v) is 24.1. The van der Waals surface area contributed by atoms with Gasteiger partial charge in [0.15, 0.2) is 0 Å². The van der Waals surface area contributed by atoms with E-state index in [0.717, 1.165) is 6.92 Å². The SMILES string of the molecule is CSCC[C@H](NC(=O)[C@H](C)NC(=O)[C@H](CO)NC(=O)[C@H](CCSC)NC(=O)[C@H](CC(C)C)NC(=O)[C@@H](N)[C@@H](C)O)C(=O)N[C@H](C(=O)N[C@@H](CC(N)=O)C(=O)N[C@@H](CC(C)C)C(=O)O)[C@@H](C)O. The molecule has 24 nitrogen and oxygen atoms in total. The molecule has 0 saturated heterocycles.